The zero-order valence-corrected chi connectivity index (χ0v) is 10.7. The Morgan fingerprint density at radius 2 is 2.00 bits per heavy atom. The van der Waals surface area contributed by atoms with Crippen molar-refractivity contribution in [1.82, 2.24) is 5.32 Å². The smallest absolute Gasteiger partial charge is 0.123 e. The average molecular weight is 239 g/mol. The van der Waals surface area contributed by atoms with Gasteiger partial charge in [-0.3, -0.25) is 0 Å². The molecule has 0 saturated carbocycles. The number of hydrogen-bond acceptors (Lipinski definition) is 4. The van der Waals surface area contributed by atoms with Crippen LogP contribution in [0.3, 0.4) is 0 Å². The van der Waals surface area contributed by atoms with E-state index in [1.165, 1.54) is 0 Å². The van der Waals surface area contributed by atoms with E-state index in [0.29, 0.717) is 6.61 Å². The molecule has 0 bridgehead atoms. The topological polar surface area (TPSA) is 39.7 Å². The van der Waals surface area contributed by atoms with Crippen LogP contribution in [-0.2, 0) is 4.74 Å². The summed E-state index contributed by atoms with van der Waals surface area (Å²) in [7, 11) is 3.34. The molecule has 0 spiro atoms. The molecule has 0 fully saturated rings. The van der Waals surface area contributed by atoms with Gasteiger partial charge in [0.15, 0.2) is 0 Å². The molecule has 0 saturated heterocycles. The highest BCUT2D eigenvalue weighted by atomic mass is 16.5. The van der Waals surface area contributed by atoms with Gasteiger partial charge in [0.1, 0.15) is 17.6 Å². The van der Waals surface area contributed by atoms with Crippen LogP contribution in [-0.4, -0.2) is 40.0 Å². The molecule has 1 aromatic carbocycles. The molecule has 17 heavy (non-hydrogen) atoms. The van der Waals surface area contributed by atoms with E-state index in [0.717, 1.165) is 24.6 Å². The SMILES string of the molecule is COCCNCC(C)Oc1cccc(OC)c1. The first-order chi connectivity index (χ1) is 8.26. The first-order valence-corrected chi connectivity index (χ1v) is 5.76. The Labute approximate surface area is 103 Å². The van der Waals surface area contributed by atoms with Crippen molar-refractivity contribution in [3.8, 4) is 11.5 Å². The van der Waals surface area contributed by atoms with Gasteiger partial charge in [-0.15, -0.1) is 0 Å². The fourth-order valence-electron chi connectivity index (χ4n) is 1.43. The summed E-state index contributed by atoms with van der Waals surface area (Å²) in [5.41, 5.74) is 0. The molecule has 1 unspecified atom stereocenters. The number of nitrogens with one attached hydrogen (secondary N) is 1. The lowest BCUT2D eigenvalue weighted by atomic mass is 10.3. The Bertz CT molecular complexity index is 317. The van der Waals surface area contributed by atoms with Gasteiger partial charge in [-0.2, -0.15) is 0 Å². The molecule has 4 heteroatoms. The van der Waals surface area contributed by atoms with Crippen molar-refractivity contribution in [3.63, 3.8) is 0 Å². The highest BCUT2D eigenvalue weighted by Crippen LogP contribution is 2.19. The predicted molar refractivity (Wildman–Crippen MR) is 67.8 cm³/mol. The van der Waals surface area contributed by atoms with E-state index in [9.17, 15) is 0 Å². The normalized spacial score (nSPS) is 12.2. The van der Waals surface area contributed by atoms with E-state index in [1.807, 2.05) is 31.2 Å². The zero-order chi connectivity index (χ0) is 12.5. The maximum atomic E-state index is 5.75. The molecular weight excluding hydrogens is 218 g/mol. The highest BCUT2D eigenvalue weighted by Gasteiger charge is 2.04. The quantitative estimate of drug-likeness (QED) is 0.701. The molecule has 0 aliphatic rings. The zero-order valence-electron chi connectivity index (χ0n) is 10.7. The van der Waals surface area contributed by atoms with Gasteiger partial charge >= 0.3 is 0 Å². The second-order valence-corrected chi connectivity index (χ2v) is 3.80. The number of ether oxygens (including phenoxy) is 3. The predicted octanol–water partition coefficient (Wildman–Crippen LogP) is 1.70. The maximum Gasteiger partial charge on any atom is 0.123 e. The summed E-state index contributed by atoms with van der Waals surface area (Å²) < 4.78 is 15.8. The third kappa shape index (κ3) is 5.56. The van der Waals surface area contributed by atoms with Gasteiger partial charge in [-0.1, -0.05) is 6.07 Å². The van der Waals surface area contributed by atoms with Crippen LogP contribution in [0.5, 0.6) is 11.5 Å². The Morgan fingerprint density at radius 3 is 2.71 bits per heavy atom. The Kier molecular flexibility index (Phi) is 6.43. The fourth-order valence-corrected chi connectivity index (χ4v) is 1.43. The van der Waals surface area contributed by atoms with Crippen molar-refractivity contribution >= 4 is 0 Å². The molecule has 1 atom stereocenters. The molecule has 96 valence electrons. The van der Waals surface area contributed by atoms with E-state index >= 15 is 0 Å². The summed E-state index contributed by atoms with van der Waals surface area (Å²) in [6.45, 7) is 4.37. The van der Waals surface area contributed by atoms with Gasteiger partial charge in [-0.25, -0.2) is 0 Å². The molecule has 0 amide bonds. The Morgan fingerprint density at radius 1 is 1.24 bits per heavy atom. The molecule has 0 heterocycles. The monoisotopic (exact) mass is 239 g/mol. The lowest BCUT2D eigenvalue weighted by molar-refractivity contribution is 0.184. The minimum atomic E-state index is 0.110. The summed E-state index contributed by atoms with van der Waals surface area (Å²) >= 11 is 0. The molecular formula is C13H21NO3. The lowest BCUT2D eigenvalue weighted by Gasteiger charge is -2.15. The number of benzene rings is 1. The molecule has 0 aromatic heterocycles. The molecule has 4 nitrogen and oxygen atoms in total. The highest BCUT2D eigenvalue weighted by molar-refractivity contribution is 5.32. The molecule has 0 radical (unpaired) electrons. The standard InChI is InChI=1S/C13H21NO3/c1-11(10-14-7-8-15-2)17-13-6-4-5-12(9-13)16-3/h4-6,9,11,14H,7-8,10H2,1-3H3. The molecule has 1 N–H and O–H groups in total. The number of rotatable bonds is 8. The van der Waals surface area contributed by atoms with Gasteiger partial charge in [0, 0.05) is 26.3 Å². The summed E-state index contributed by atoms with van der Waals surface area (Å²) in [5.74, 6) is 1.63. The molecule has 1 rings (SSSR count). The summed E-state index contributed by atoms with van der Waals surface area (Å²) in [6, 6.07) is 7.62. The lowest BCUT2D eigenvalue weighted by Crippen LogP contribution is -2.31. The Balaban J connectivity index is 2.31. The third-order valence-corrected chi connectivity index (χ3v) is 2.29. The first-order valence-electron chi connectivity index (χ1n) is 5.76. The van der Waals surface area contributed by atoms with Gasteiger partial charge in [0.25, 0.3) is 0 Å². The van der Waals surface area contributed by atoms with Gasteiger partial charge in [0.2, 0.25) is 0 Å². The van der Waals surface area contributed by atoms with E-state index in [1.54, 1.807) is 14.2 Å². The Hall–Kier alpha value is -1.26. The van der Waals surface area contributed by atoms with Crippen LogP contribution >= 0.6 is 0 Å². The second-order valence-electron chi connectivity index (χ2n) is 3.80. The van der Waals surface area contributed by atoms with E-state index < -0.39 is 0 Å². The van der Waals surface area contributed by atoms with Crippen LogP contribution in [0.1, 0.15) is 6.92 Å². The van der Waals surface area contributed by atoms with Crippen molar-refractivity contribution in [2.45, 2.75) is 13.0 Å². The minimum Gasteiger partial charge on any atom is -0.497 e. The fraction of sp³-hybridized carbons (Fsp3) is 0.538. The van der Waals surface area contributed by atoms with Crippen molar-refractivity contribution in [2.75, 3.05) is 33.9 Å². The van der Waals surface area contributed by atoms with Crippen LogP contribution in [0.4, 0.5) is 0 Å². The van der Waals surface area contributed by atoms with E-state index in [2.05, 4.69) is 5.32 Å². The largest absolute Gasteiger partial charge is 0.497 e. The van der Waals surface area contributed by atoms with E-state index in [4.69, 9.17) is 14.2 Å². The van der Waals surface area contributed by atoms with Crippen molar-refractivity contribution in [2.24, 2.45) is 0 Å². The maximum absolute atomic E-state index is 5.75. The van der Waals surface area contributed by atoms with Crippen LogP contribution < -0.4 is 14.8 Å². The number of methoxy groups -OCH3 is 2. The average Bonchev–Trinajstić information content (AvgIpc) is 2.35. The molecule has 1 aromatic rings. The van der Waals surface area contributed by atoms with E-state index in [-0.39, 0.29) is 6.10 Å². The van der Waals surface area contributed by atoms with Crippen LogP contribution in [0.25, 0.3) is 0 Å². The van der Waals surface area contributed by atoms with Gasteiger partial charge in [-0.05, 0) is 19.1 Å². The number of hydrogen-bond donors (Lipinski definition) is 1. The van der Waals surface area contributed by atoms with Crippen LogP contribution in [0.15, 0.2) is 24.3 Å². The van der Waals surface area contributed by atoms with Gasteiger partial charge < -0.3 is 19.5 Å². The molecule has 0 aliphatic heterocycles. The third-order valence-electron chi connectivity index (χ3n) is 2.29. The summed E-state index contributed by atoms with van der Waals surface area (Å²) in [5, 5.41) is 3.25. The van der Waals surface area contributed by atoms with Gasteiger partial charge in [0.05, 0.1) is 13.7 Å². The van der Waals surface area contributed by atoms with Crippen LogP contribution in [0, 0.1) is 0 Å². The first kappa shape index (κ1) is 13.8. The van der Waals surface area contributed by atoms with Crippen molar-refractivity contribution in [1.29, 1.82) is 0 Å². The minimum absolute atomic E-state index is 0.110. The van der Waals surface area contributed by atoms with Crippen molar-refractivity contribution < 1.29 is 14.2 Å². The second kappa shape index (κ2) is 7.92. The van der Waals surface area contributed by atoms with Crippen molar-refractivity contribution in [3.05, 3.63) is 24.3 Å². The molecule has 0 aliphatic carbocycles. The summed E-state index contributed by atoms with van der Waals surface area (Å²) in [6.07, 6.45) is 0.110. The summed E-state index contributed by atoms with van der Waals surface area (Å²) in [4.78, 5) is 0. The van der Waals surface area contributed by atoms with Crippen LogP contribution in [0.2, 0.25) is 0 Å².